The first-order chi connectivity index (χ1) is 8.68. The Morgan fingerprint density at radius 1 is 1.39 bits per heavy atom. The topological polar surface area (TPSA) is 67.5 Å². The van der Waals surface area contributed by atoms with E-state index < -0.39 is 5.60 Å². The lowest BCUT2D eigenvalue weighted by Crippen LogP contribution is -2.42. The van der Waals surface area contributed by atoms with Crippen LogP contribution in [0.4, 0.5) is 0 Å². The highest BCUT2D eigenvalue weighted by molar-refractivity contribution is 5.37. The van der Waals surface area contributed by atoms with Crippen LogP contribution in [0.2, 0.25) is 0 Å². The van der Waals surface area contributed by atoms with E-state index in [0.717, 1.165) is 6.42 Å². The van der Waals surface area contributed by atoms with E-state index in [-0.39, 0.29) is 12.1 Å². The van der Waals surface area contributed by atoms with E-state index in [4.69, 9.17) is 10.5 Å². The fourth-order valence-corrected chi connectivity index (χ4v) is 2.92. The number of rotatable bonds is 3. The van der Waals surface area contributed by atoms with Crippen molar-refractivity contribution in [2.75, 3.05) is 19.8 Å². The van der Waals surface area contributed by atoms with Gasteiger partial charge < -0.3 is 20.9 Å². The second-order valence-electron chi connectivity index (χ2n) is 5.43. The van der Waals surface area contributed by atoms with Gasteiger partial charge in [0.1, 0.15) is 5.60 Å². The summed E-state index contributed by atoms with van der Waals surface area (Å²) in [6.07, 6.45) is 1.61. The smallest absolute Gasteiger partial charge is 0.103 e. The fraction of sp³-hybridized carbons (Fsp3) is 0.571. The lowest BCUT2D eigenvalue weighted by molar-refractivity contribution is 0.0247. The summed E-state index contributed by atoms with van der Waals surface area (Å²) in [5.74, 6) is 0. The minimum atomic E-state index is -0.707. The van der Waals surface area contributed by atoms with Crippen molar-refractivity contribution in [3.8, 4) is 0 Å². The third-order valence-corrected chi connectivity index (χ3v) is 4.02. The summed E-state index contributed by atoms with van der Waals surface area (Å²) in [5, 5.41) is 13.7. The van der Waals surface area contributed by atoms with Gasteiger partial charge in [-0.3, -0.25) is 0 Å². The zero-order valence-corrected chi connectivity index (χ0v) is 10.4. The van der Waals surface area contributed by atoms with Crippen molar-refractivity contribution >= 4 is 0 Å². The molecule has 4 nitrogen and oxygen atoms in total. The molecule has 98 valence electrons. The number of hydrogen-bond donors (Lipinski definition) is 3. The maximum Gasteiger partial charge on any atom is 0.103 e. The number of nitrogens with two attached hydrogens (primary N) is 1. The van der Waals surface area contributed by atoms with E-state index >= 15 is 0 Å². The number of aliphatic hydroxyl groups is 1. The van der Waals surface area contributed by atoms with Crippen LogP contribution < -0.4 is 11.1 Å². The summed E-state index contributed by atoms with van der Waals surface area (Å²) >= 11 is 0. The summed E-state index contributed by atoms with van der Waals surface area (Å²) in [4.78, 5) is 0. The molecule has 0 aromatic heterocycles. The van der Waals surface area contributed by atoms with Crippen LogP contribution in [0, 0.1) is 0 Å². The van der Waals surface area contributed by atoms with Gasteiger partial charge in [-0.2, -0.15) is 0 Å². The van der Waals surface area contributed by atoms with Crippen molar-refractivity contribution in [2.24, 2.45) is 5.73 Å². The normalized spacial score (nSPS) is 34.8. The predicted octanol–water partition coefficient (Wildman–Crippen LogP) is 0.872. The summed E-state index contributed by atoms with van der Waals surface area (Å²) in [6.45, 7) is 1.65. The Kier molecular flexibility index (Phi) is 3.11. The number of ether oxygens (including phenoxy) is 1. The highest BCUT2D eigenvalue weighted by atomic mass is 16.5. The molecule has 0 saturated carbocycles. The SMILES string of the molecule is NC1CC(NCC2(O)CCOC2)c2ccccc21. The van der Waals surface area contributed by atoms with Crippen molar-refractivity contribution in [1.82, 2.24) is 5.32 Å². The van der Waals surface area contributed by atoms with Gasteiger partial charge in [0.15, 0.2) is 0 Å². The van der Waals surface area contributed by atoms with Crippen molar-refractivity contribution in [3.63, 3.8) is 0 Å². The van der Waals surface area contributed by atoms with Gasteiger partial charge in [-0.15, -0.1) is 0 Å². The van der Waals surface area contributed by atoms with E-state index in [2.05, 4.69) is 17.4 Å². The van der Waals surface area contributed by atoms with Crippen molar-refractivity contribution in [1.29, 1.82) is 0 Å². The first kappa shape index (κ1) is 12.1. The van der Waals surface area contributed by atoms with Gasteiger partial charge in [-0.1, -0.05) is 24.3 Å². The van der Waals surface area contributed by atoms with Gasteiger partial charge in [0.2, 0.25) is 0 Å². The Morgan fingerprint density at radius 2 is 2.17 bits per heavy atom. The summed E-state index contributed by atoms with van der Waals surface area (Å²) in [6, 6.07) is 8.64. The Labute approximate surface area is 107 Å². The monoisotopic (exact) mass is 248 g/mol. The summed E-state index contributed by atoms with van der Waals surface area (Å²) < 4.78 is 5.25. The van der Waals surface area contributed by atoms with E-state index in [1.807, 2.05) is 12.1 Å². The van der Waals surface area contributed by atoms with Crippen molar-refractivity contribution in [2.45, 2.75) is 30.5 Å². The minimum absolute atomic E-state index is 0.105. The molecule has 1 aromatic rings. The predicted molar refractivity (Wildman–Crippen MR) is 69.1 cm³/mol. The maximum absolute atomic E-state index is 10.2. The van der Waals surface area contributed by atoms with Crippen LogP contribution in [0.5, 0.6) is 0 Å². The second-order valence-corrected chi connectivity index (χ2v) is 5.43. The Hall–Kier alpha value is -0.940. The van der Waals surface area contributed by atoms with E-state index in [1.54, 1.807) is 0 Å². The second kappa shape index (κ2) is 4.63. The van der Waals surface area contributed by atoms with Crippen molar-refractivity contribution < 1.29 is 9.84 Å². The molecule has 0 spiro atoms. The van der Waals surface area contributed by atoms with Crippen LogP contribution in [0.15, 0.2) is 24.3 Å². The van der Waals surface area contributed by atoms with Gasteiger partial charge in [0.05, 0.1) is 6.61 Å². The summed E-state index contributed by atoms with van der Waals surface area (Å²) in [7, 11) is 0. The molecule has 0 amide bonds. The highest BCUT2D eigenvalue weighted by Gasteiger charge is 2.34. The van der Waals surface area contributed by atoms with Crippen LogP contribution in [-0.4, -0.2) is 30.5 Å². The quantitative estimate of drug-likeness (QED) is 0.742. The maximum atomic E-state index is 10.2. The third kappa shape index (κ3) is 2.17. The average Bonchev–Trinajstić information content (AvgIpc) is 2.94. The molecule has 0 bridgehead atoms. The molecule has 3 atom stereocenters. The lowest BCUT2D eigenvalue weighted by Gasteiger charge is -2.24. The van der Waals surface area contributed by atoms with Gasteiger partial charge in [-0.25, -0.2) is 0 Å². The molecule has 1 aromatic carbocycles. The molecule has 3 unspecified atom stereocenters. The Balaban J connectivity index is 1.68. The van der Waals surface area contributed by atoms with Gasteiger partial charge in [-0.05, 0) is 17.5 Å². The van der Waals surface area contributed by atoms with Crippen LogP contribution >= 0.6 is 0 Å². The van der Waals surface area contributed by atoms with Crippen LogP contribution in [-0.2, 0) is 4.74 Å². The van der Waals surface area contributed by atoms with E-state index in [0.29, 0.717) is 26.2 Å². The standard InChI is InChI=1S/C14H20N2O2/c15-12-7-13(11-4-2-1-3-10(11)12)16-8-14(17)5-6-18-9-14/h1-4,12-13,16-17H,5-9,15H2. The molecule has 1 aliphatic carbocycles. The minimum Gasteiger partial charge on any atom is -0.386 e. The molecule has 3 rings (SSSR count). The number of hydrogen-bond acceptors (Lipinski definition) is 4. The molecule has 0 radical (unpaired) electrons. The first-order valence-electron chi connectivity index (χ1n) is 6.56. The molecule has 4 N–H and O–H groups in total. The zero-order chi connectivity index (χ0) is 12.6. The van der Waals surface area contributed by atoms with Gasteiger partial charge in [0, 0.05) is 31.7 Å². The molecule has 1 fully saturated rings. The molecular formula is C14H20N2O2. The van der Waals surface area contributed by atoms with Crippen LogP contribution in [0.3, 0.4) is 0 Å². The Morgan fingerprint density at radius 3 is 2.89 bits per heavy atom. The zero-order valence-electron chi connectivity index (χ0n) is 10.4. The highest BCUT2D eigenvalue weighted by Crippen LogP contribution is 2.37. The van der Waals surface area contributed by atoms with Gasteiger partial charge in [0.25, 0.3) is 0 Å². The van der Waals surface area contributed by atoms with Crippen LogP contribution in [0.1, 0.15) is 36.1 Å². The van der Waals surface area contributed by atoms with E-state index in [1.165, 1.54) is 11.1 Å². The molecule has 18 heavy (non-hydrogen) atoms. The molecule has 2 aliphatic rings. The number of benzene rings is 1. The van der Waals surface area contributed by atoms with Crippen molar-refractivity contribution in [3.05, 3.63) is 35.4 Å². The largest absolute Gasteiger partial charge is 0.386 e. The molecule has 1 heterocycles. The molecular weight excluding hydrogens is 228 g/mol. The third-order valence-electron chi connectivity index (χ3n) is 4.02. The number of fused-ring (bicyclic) bond motifs is 1. The fourth-order valence-electron chi connectivity index (χ4n) is 2.92. The molecule has 1 aliphatic heterocycles. The molecule has 1 saturated heterocycles. The molecule has 4 heteroatoms. The van der Waals surface area contributed by atoms with Gasteiger partial charge >= 0.3 is 0 Å². The first-order valence-corrected chi connectivity index (χ1v) is 6.56. The summed E-state index contributed by atoms with van der Waals surface area (Å²) in [5.41, 5.74) is 7.92. The lowest BCUT2D eigenvalue weighted by atomic mass is 10.0. The average molecular weight is 248 g/mol. The van der Waals surface area contributed by atoms with Crippen LogP contribution in [0.25, 0.3) is 0 Å². The van der Waals surface area contributed by atoms with E-state index in [9.17, 15) is 5.11 Å². The number of nitrogens with one attached hydrogen (secondary N) is 1. The Bertz CT molecular complexity index is 430.